The fraction of sp³-hybridized carbons (Fsp3) is 0.688. The number of aromatic nitrogens is 2. The van der Waals surface area contributed by atoms with Gasteiger partial charge in [-0.05, 0) is 12.3 Å². The number of amides is 1. The Morgan fingerprint density at radius 3 is 2.96 bits per heavy atom. The minimum absolute atomic E-state index is 0.0235. The van der Waals surface area contributed by atoms with Gasteiger partial charge in [-0.2, -0.15) is 5.10 Å². The van der Waals surface area contributed by atoms with Gasteiger partial charge in [0.1, 0.15) is 0 Å². The Hall–Kier alpha value is -1.89. The van der Waals surface area contributed by atoms with Crippen LogP contribution in [0, 0.1) is 11.8 Å². The van der Waals surface area contributed by atoms with Crippen molar-refractivity contribution in [2.45, 2.75) is 26.8 Å². The van der Waals surface area contributed by atoms with E-state index in [1.165, 1.54) is 4.68 Å². The lowest BCUT2D eigenvalue weighted by Crippen LogP contribution is -2.35. The summed E-state index contributed by atoms with van der Waals surface area (Å²) in [7, 11) is 1.59. The Morgan fingerprint density at radius 1 is 1.52 bits per heavy atom. The van der Waals surface area contributed by atoms with Gasteiger partial charge in [0.05, 0.1) is 31.0 Å². The van der Waals surface area contributed by atoms with Gasteiger partial charge in [-0.1, -0.05) is 13.8 Å². The van der Waals surface area contributed by atoms with Gasteiger partial charge in [-0.3, -0.25) is 9.59 Å². The van der Waals surface area contributed by atoms with Crippen molar-refractivity contribution in [3.05, 3.63) is 22.6 Å². The molecule has 1 N–H and O–H groups in total. The second kappa shape index (κ2) is 8.10. The van der Waals surface area contributed by atoms with E-state index in [9.17, 15) is 9.59 Å². The van der Waals surface area contributed by atoms with E-state index in [1.807, 2.05) is 0 Å². The third kappa shape index (κ3) is 4.79. The van der Waals surface area contributed by atoms with E-state index in [1.54, 1.807) is 19.4 Å². The molecule has 128 valence electrons. The van der Waals surface area contributed by atoms with Crippen LogP contribution >= 0.6 is 0 Å². The molecule has 23 heavy (non-hydrogen) atoms. The second-order valence-corrected chi connectivity index (χ2v) is 6.34. The number of hydrogen-bond donors (Lipinski definition) is 1. The van der Waals surface area contributed by atoms with Crippen molar-refractivity contribution in [2.24, 2.45) is 11.8 Å². The van der Waals surface area contributed by atoms with Crippen LogP contribution in [0.1, 0.15) is 20.3 Å². The summed E-state index contributed by atoms with van der Waals surface area (Å²) in [6.45, 7) is 7.14. The molecule has 0 aromatic carbocycles. The van der Waals surface area contributed by atoms with Crippen molar-refractivity contribution in [3.63, 3.8) is 0 Å². The van der Waals surface area contributed by atoms with E-state index in [0.717, 1.165) is 18.7 Å². The molecule has 1 saturated heterocycles. The lowest BCUT2D eigenvalue weighted by molar-refractivity contribution is -0.124. The zero-order valence-electron chi connectivity index (χ0n) is 14.1. The Kier molecular flexibility index (Phi) is 6.15. The number of hydrogen-bond acceptors (Lipinski definition) is 5. The number of rotatable bonds is 7. The largest absolute Gasteiger partial charge is 0.383 e. The van der Waals surface area contributed by atoms with Gasteiger partial charge in [0.25, 0.3) is 5.56 Å². The Labute approximate surface area is 136 Å². The molecule has 1 unspecified atom stereocenters. The Balaban J connectivity index is 1.95. The van der Waals surface area contributed by atoms with Gasteiger partial charge in [-0.25, -0.2) is 4.68 Å². The molecule has 2 rings (SSSR count). The fourth-order valence-corrected chi connectivity index (χ4v) is 2.60. The van der Waals surface area contributed by atoms with Gasteiger partial charge in [-0.15, -0.1) is 0 Å². The summed E-state index contributed by atoms with van der Waals surface area (Å²) in [5.74, 6) is 0.521. The van der Waals surface area contributed by atoms with Crippen LogP contribution in [0.5, 0.6) is 0 Å². The molecular weight excluding hydrogens is 296 g/mol. The summed E-state index contributed by atoms with van der Waals surface area (Å²) < 4.78 is 6.34. The number of methoxy groups -OCH3 is 1. The third-order valence-corrected chi connectivity index (χ3v) is 3.97. The van der Waals surface area contributed by atoms with Crippen LogP contribution in [0.2, 0.25) is 0 Å². The zero-order valence-corrected chi connectivity index (χ0v) is 14.1. The van der Waals surface area contributed by atoms with E-state index in [-0.39, 0.29) is 17.4 Å². The molecule has 1 atom stereocenters. The molecule has 1 aliphatic rings. The molecule has 0 saturated carbocycles. The summed E-state index contributed by atoms with van der Waals surface area (Å²) in [5, 5.41) is 7.15. The van der Waals surface area contributed by atoms with Crippen molar-refractivity contribution in [2.75, 3.05) is 38.3 Å². The number of nitrogens with one attached hydrogen (secondary N) is 1. The van der Waals surface area contributed by atoms with Crippen molar-refractivity contribution in [3.8, 4) is 0 Å². The average molecular weight is 322 g/mol. The first-order chi connectivity index (χ1) is 11.0. The molecule has 1 aromatic rings. The lowest BCUT2D eigenvalue weighted by Gasteiger charge is -2.18. The minimum atomic E-state index is -0.146. The lowest BCUT2D eigenvalue weighted by atomic mass is 10.1. The Bertz CT molecular complexity index is 585. The molecule has 0 aliphatic carbocycles. The molecule has 7 nitrogen and oxygen atoms in total. The van der Waals surface area contributed by atoms with E-state index in [2.05, 4.69) is 29.2 Å². The van der Waals surface area contributed by atoms with Gasteiger partial charge in [0, 0.05) is 32.8 Å². The SMILES string of the molecule is COCCn1ncc(N2CCC(C(=O)NCC(C)C)C2)cc1=O. The standard InChI is InChI=1S/C16H26N4O3/c1-12(2)9-17-16(22)13-4-5-19(11-13)14-8-15(21)20(18-10-14)6-7-23-3/h8,10,12-13H,4-7,9,11H2,1-3H3,(H,17,22). The summed E-state index contributed by atoms with van der Waals surface area (Å²) in [4.78, 5) is 26.2. The van der Waals surface area contributed by atoms with E-state index in [0.29, 0.717) is 32.2 Å². The predicted molar refractivity (Wildman–Crippen MR) is 88.5 cm³/mol. The number of ether oxygens (including phenoxy) is 1. The maximum absolute atomic E-state index is 12.1. The maximum atomic E-state index is 12.1. The number of carbonyl (C=O) groups excluding carboxylic acids is 1. The molecule has 0 spiro atoms. The highest BCUT2D eigenvalue weighted by Crippen LogP contribution is 2.22. The molecule has 1 aliphatic heterocycles. The maximum Gasteiger partial charge on any atom is 0.268 e. The Morgan fingerprint density at radius 2 is 2.30 bits per heavy atom. The quantitative estimate of drug-likeness (QED) is 0.790. The minimum Gasteiger partial charge on any atom is -0.383 e. The number of anilines is 1. The van der Waals surface area contributed by atoms with Crippen LogP contribution in [-0.4, -0.2) is 49.0 Å². The van der Waals surface area contributed by atoms with E-state index in [4.69, 9.17) is 4.74 Å². The van der Waals surface area contributed by atoms with Crippen LogP contribution in [0.4, 0.5) is 5.69 Å². The first-order valence-corrected chi connectivity index (χ1v) is 8.10. The van der Waals surface area contributed by atoms with Crippen molar-refractivity contribution in [1.82, 2.24) is 15.1 Å². The predicted octanol–water partition coefficient (Wildman–Crippen LogP) is 0.488. The van der Waals surface area contributed by atoms with Gasteiger partial charge >= 0.3 is 0 Å². The van der Waals surface area contributed by atoms with Crippen LogP contribution in [0.3, 0.4) is 0 Å². The van der Waals surface area contributed by atoms with Gasteiger partial charge < -0.3 is 15.0 Å². The van der Waals surface area contributed by atoms with Crippen molar-refractivity contribution < 1.29 is 9.53 Å². The molecule has 1 fully saturated rings. The summed E-state index contributed by atoms with van der Waals surface area (Å²) in [6.07, 6.45) is 2.49. The topological polar surface area (TPSA) is 76.5 Å². The van der Waals surface area contributed by atoms with Crippen LogP contribution in [0.15, 0.2) is 17.1 Å². The summed E-state index contributed by atoms with van der Waals surface area (Å²) >= 11 is 0. The monoisotopic (exact) mass is 322 g/mol. The van der Waals surface area contributed by atoms with E-state index < -0.39 is 0 Å². The zero-order chi connectivity index (χ0) is 16.8. The normalized spacial score (nSPS) is 17.7. The van der Waals surface area contributed by atoms with Gasteiger partial charge in [0.15, 0.2) is 0 Å². The van der Waals surface area contributed by atoms with Crippen molar-refractivity contribution >= 4 is 11.6 Å². The van der Waals surface area contributed by atoms with Crippen LogP contribution in [0.25, 0.3) is 0 Å². The fourth-order valence-electron chi connectivity index (χ4n) is 2.60. The number of carbonyl (C=O) groups is 1. The smallest absolute Gasteiger partial charge is 0.268 e. The second-order valence-electron chi connectivity index (χ2n) is 6.34. The molecule has 7 heteroatoms. The van der Waals surface area contributed by atoms with Gasteiger partial charge in [0.2, 0.25) is 5.91 Å². The molecule has 1 amide bonds. The van der Waals surface area contributed by atoms with Crippen molar-refractivity contribution in [1.29, 1.82) is 0 Å². The summed E-state index contributed by atoms with van der Waals surface area (Å²) in [6, 6.07) is 1.58. The highest BCUT2D eigenvalue weighted by Gasteiger charge is 2.28. The highest BCUT2D eigenvalue weighted by molar-refractivity contribution is 5.80. The molecule has 2 heterocycles. The number of nitrogens with zero attached hydrogens (tertiary/aromatic N) is 3. The highest BCUT2D eigenvalue weighted by atomic mass is 16.5. The first kappa shape index (κ1) is 17.5. The van der Waals surface area contributed by atoms with Crippen LogP contribution in [-0.2, 0) is 16.1 Å². The third-order valence-electron chi connectivity index (χ3n) is 3.97. The molecular formula is C16H26N4O3. The molecule has 1 aromatic heterocycles. The van der Waals surface area contributed by atoms with E-state index >= 15 is 0 Å². The average Bonchev–Trinajstić information content (AvgIpc) is 3.01. The molecule has 0 bridgehead atoms. The first-order valence-electron chi connectivity index (χ1n) is 8.10. The molecule has 0 radical (unpaired) electrons. The summed E-state index contributed by atoms with van der Waals surface area (Å²) in [5.41, 5.74) is 0.634. The van der Waals surface area contributed by atoms with Crippen LogP contribution < -0.4 is 15.8 Å².